The molecule has 10 nitrogen and oxygen atoms in total. The first kappa shape index (κ1) is 23.3. The van der Waals surface area contributed by atoms with Crippen molar-refractivity contribution in [3.8, 4) is 22.9 Å². The molecule has 0 bridgehead atoms. The Hall–Kier alpha value is -3.40. The van der Waals surface area contributed by atoms with Crippen molar-refractivity contribution in [1.82, 2.24) is 9.97 Å². The Balaban J connectivity index is 2.22. The average molecular weight is 444 g/mol. The van der Waals surface area contributed by atoms with Gasteiger partial charge in [-0.3, -0.25) is 0 Å². The van der Waals surface area contributed by atoms with Crippen LogP contribution in [0.15, 0.2) is 18.2 Å². The lowest BCUT2D eigenvalue weighted by Crippen LogP contribution is -2.37. The lowest BCUT2D eigenvalue weighted by Gasteiger charge is -2.29. The highest BCUT2D eigenvalue weighted by Gasteiger charge is 2.28. The molecule has 1 amide bonds. The number of carbonyl (C=O) groups excluding carboxylic acids is 2. The van der Waals surface area contributed by atoms with Crippen LogP contribution in [0.2, 0.25) is 0 Å². The zero-order valence-electron chi connectivity index (χ0n) is 18.6. The quantitative estimate of drug-likeness (QED) is 0.611. The average Bonchev–Trinajstić information content (AvgIpc) is 2.79. The summed E-state index contributed by atoms with van der Waals surface area (Å²) in [6, 6.07) is 5.32. The molecule has 0 radical (unpaired) electrons. The molecular formula is C22H28N4O6. The third-order valence-electron chi connectivity index (χ3n) is 4.82. The summed E-state index contributed by atoms with van der Waals surface area (Å²) in [6.07, 6.45) is -0.225. The molecule has 2 aromatic rings. The van der Waals surface area contributed by atoms with Gasteiger partial charge in [0.15, 0.2) is 23.1 Å². The van der Waals surface area contributed by atoms with Crippen LogP contribution >= 0.6 is 0 Å². The van der Waals surface area contributed by atoms with Crippen molar-refractivity contribution in [2.75, 3.05) is 44.4 Å². The zero-order chi connectivity index (χ0) is 23.1. The first-order chi connectivity index (χ1) is 15.5. The highest BCUT2D eigenvalue weighted by molar-refractivity contribution is 5.93. The van der Waals surface area contributed by atoms with E-state index in [1.165, 1.54) is 0 Å². The minimum absolute atomic E-state index is 0.00443. The summed E-state index contributed by atoms with van der Waals surface area (Å²) in [7, 11) is 0. The van der Waals surface area contributed by atoms with Gasteiger partial charge in [0, 0.05) is 13.1 Å². The fourth-order valence-corrected chi connectivity index (χ4v) is 3.33. The number of carbonyl (C=O) groups is 2. The van der Waals surface area contributed by atoms with Crippen LogP contribution in [-0.2, 0) is 15.9 Å². The van der Waals surface area contributed by atoms with Crippen molar-refractivity contribution in [2.45, 2.75) is 27.2 Å². The summed E-state index contributed by atoms with van der Waals surface area (Å²) < 4.78 is 21.7. The number of nitrogens with two attached hydrogens (primary N) is 1. The maximum absolute atomic E-state index is 12.8. The lowest BCUT2D eigenvalue weighted by molar-refractivity contribution is 0.0514. The summed E-state index contributed by atoms with van der Waals surface area (Å²) in [6.45, 7) is 8.16. The fourth-order valence-electron chi connectivity index (χ4n) is 3.33. The molecule has 1 aliphatic heterocycles. The molecule has 1 fully saturated rings. The second kappa shape index (κ2) is 10.8. The Bertz CT molecular complexity index is 975. The fraction of sp³-hybridized carbons (Fsp3) is 0.455. The molecule has 10 heteroatoms. The van der Waals surface area contributed by atoms with Gasteiger partial charge in [-0.05, 0) is 38.0 Å². The molecule has 1 saturated heterocycles. The third-order valence-corrected chi connectivity index (χ3v) is 4.82. The SMILES string of the molecule is CCOC(=O)c1nc(-c2ccc(CC)cc2OC(N)=O)nc(N2CCOCC2)c1OCC. The summed E-state index contributed by atoms with van der Waals surface area (Å²) in [5, 5.41) is 0. The van der Waals surface area contributed by atoms with E-state index in [-0.39, 0.29) is 29.6 Å². The van der Waals surface area contributed by atoms with Crippen LogP contribution in [-0.4, -0.2) is 61.5 Å². The van der Waals surface area contributed by atoms with Gasteiger partial charge < -0.3 is 29.6 Å². The molecule has 32 heavy (non-hydrogen) atoms. The van der Waals surface area contributed by atoms with E-state index >= 15 is 0 Å². The molecule has 3 rings (SSSR count). The summed E-state index contributed by atoms with van der Waals surface area (Å²) >= 11 is 0. The van der Waals surface area contributed by atoms with E-state index in [1.54, 1.807) is 19.1 Å². The van der Waals surface area contributed by atoms with Gasteiger partial charge in [-0.1, -0.05) is 13.0 Å². The minimum Gasteiger partial charge on any atom is -0.488 e. The van der Waals surface area contributed by atoms with Gasteiger partial charge in [-0.25, -0.2) is 19.6 Å². The van der Waals surface area contributed by atoms with Gasteiger partial charge in [0.25, 0.3) is 0 Å². The van der Waals surface area contributed by atoms with E-state index in [1.807, 2.05) is 24.8 Å². The van der Waals surface area contributed by atoms with E-state index in [0.717, 1.165) is 12.0 Å². The second-order valence-corrected chi connectivity index (χ2v) is 6.91. The van der Waals surface area contributed by atoms with Crippen LogP contribution in [0.1, 0.15) is 36.8 Å². The Labute approximate surface area is 186 Å². The van der Waals surface area contributed by atoms with Crippen LogP contribution in [0, 0.1) is 0 Å². The number of ether oxygens (including phenoxy) is 4. The van der Waals surface area contributed by atoms with Crippen LogP contribution in [0.3, 0.4) is 0 Å². The molecule has 172 valence electrons. The molecule has 0 unspecified atom stereocenters. The normalized spacial score (nSPS) is 13.5. The molecular weight excluding hydrogens is 416 g/mol. The first-order valence-electron chi connectivity index (χ1n) is 10.6. The number of primary amides is 1. The van der Waals surface area contributed by atoms with Crippen LogP contribution < -0.4 is 20.1 Å². The van der Waals surface area contributed by atoms with E-state index < -0.39 is 12.1 Å². The minimum atomic E-state index is -0.954. The standard InChI is InChI=1S/C22H28N4O6/c1-4-14-7-8-15(16(13-14)32-22(23)28)19-24-17(21(27)31-6-3)18(30-5-2)20(25-19)26-9-11-29-12-10-26/h7-8,13H,4-6,9-12H2,1-3H3,(H2,23,28). The number of anilines is 1. The number of benzene rings is 1. The molecule has 1 aromatic carbocycles. The van der Waals surface area contributed by atoms with Crippen molar-refractivity contribution >= 4 is 17.9 Å². The number of amides is 1. The molecule has 0 aliphatic carbocycles. The second-order valence-electron chi connectivity index (χ2n) is 6.91. The predicted octanol–water partition coefficient (Wildman–Crippen LogP) is 2.58. The van der Waals surface area contributed by atoms with Crippen molar-refractivity contribution in [3.05, 3.63) is 29.5 Å². The zero-order valence-corrected chi connectivity index (χ0v) is 18.6. The number of hydrogen-bond acceptors (Lipinski definition) is 9. The summed E-state index contributed by atoms with van der Waals surface area (Å²) in [5.41, 5.74) is 6.64. The number of nitrogens with zero attached hydrogens (tertiary/aromatic N) is 3. The largest absolute Gasteiger partial charge is 0.488 e. The monoisotopic (exact) mass is 444 g/mol. The van der Waals surface area contributed by atoms with Gasteiger partial charge >= 0.3 is 12.1 Å². The Morgan fingerprint density at radius 3 is 2.50 bits per heavy atom. The first-order valence-corrected chi connectivity index (χ1v) is 10.6. The van der Waals surface area contributed by atoms with Crippen molar-refractivity contribution in [3.63, 3.8) is 0 Å². The molecule has 1 aromatic heterocycles. The van der Waals surface area contributed by atoms with Crippen molar-refractivity contribution in [1.29, 1.82) is 0 Å². The third kappa shape index (κ3) is 5.25. The van der Waals surface area contributed by atoms with E-state index in [0.29, 0.717) is 44.3 Å². The van der Waals surface area contributed by atoms with Gasteiger partial charge in [0.2, 0.25) is 0 Å². The van der Waals surface area contributed by atoms with Gasteiger partial charge in [0.1, 0.15) is 5.75 Å². The number of aromatic nitrogens is 2. The molecule has 2 N–H and O–H groups in total. The van der Waals surface area contributed by atoms with E-state index in [4.69, 9.17) is 29.7 Å². The van der Waals surface area contributed by atoms with Crippen LogP contribution in [0.25, 0.3) is 11.4 Å². The van der Waals surface area contributed by atoms with Gasteiger partial charge in [-0.2, -0.15) is 0 Å². The maximum atomic E-state index is 12.8. The van der Waals surface area contributed by atoms with Gasteiger partial charge in [0.05, 0.1) is 32.0 Å². The number of esters is 1. The van der Waals surface area contributed by atoms with Crippen LogP contribution in [0.4, 0.5) is 10.6 Å². The van der Waals surface area contributed by atoms with Gasteiger partial charge in [-0.15, -0.1) is 0 Å². The number of rotatable bonds is 8. The molecule has 0 spiro atoms. The highest BCUT2D eigenvalue weighted by atomic mass is 16.5. The Kier molecular flexibility index (Phi) is 7.82. The molecule has 2 heterocycles. The van der Waals surface area contributed by atoms with Crippen LogP contribution in [0.5, 0.6) is 11.5 Å². The highest BCUT2D eigenvalue weighted by Crippen LogP contribution is 2.36. The summed E-state index contributed by atoms with van der Waals surface area (Å²) in [4.78, 5) is 35.4. The Morgan fingerprint density at radius 1 is 1.12 bits per heavy atom. The number of morpholine rings is 1. The number of hydrogen-bond donors (Lipinski definition) is 1. The molecule has 0 atom stereocenters. The van der Waals surface area contributed by atoms with E-state index in [2.05, 4.69) is 4.98 Å². The topological polar surface area (TPSA) is 126 Å². The molecule has 0 saturated carbocycles. The smallest absolute Gasteiger partial charge is 0.409 e. The number of aryl methyl sites for hydroxylation is 1. The lowest BCUT2D eigenvalue weighted by atomic mass is 10.1. The van der Waals surface area contributed by atoms with Crippen molar-refractivity contribution in [2.24, 2.45) is 5.73 Å². The maximum Gasteiger partial charge on any atom is 0.409 e. The van der Waals surface area contributed by atoms with Crippen molar-refractivity contribution < 1.29 is 28.5 Å². The van der Waals surface area contributed by atoms with E-state index in [9.17, 15) is 9.59 Å². The molecule has 1 aliphatic rings. The predicted molar refractivity (Wildman–Crippen MR) is 117 cm³/mol. The summed E-state index contributed by atoms with van der Waals surface area (Å²) in [5.74, 6) is 0.476. The Morgan fingerprint density at radius 2 is 1.88 bits per heavy atom.